The molecule has 0 aromatic carbocycles. The second-order valence-electron chi connectivity index (χ2n) is 3.17. The summed E-state index contributed by atoms with van der Waals surface area (Å²) in [4.78, 5) is 7.91. The molecule has 2 nitrogen and oxygen atoms in total. The van der Waals surface area contributed by atoms with Crippen LogP contribution < -0.4 is 0 Å². The molecule has 1 aromatic heterocycles. The van der Waals surface area contributed by atoms with E-state index in [1.165, 1.54) is 5.56 Å². The van der Waals surface area contributed by atoms with Crippen LogP contribution in [0, 0.1) is 0 Å². The number of hydrogen-bond acceptors (Lipinski definition) is 2. The Kier molecular flexibility index (Phi) is 4.76. The molecule has 0 bridgehead atoms. The van der Waals surface area contributed by atoms with Crippen molar-refractivity contribution in [3.63, 3.8) is 0 Å². The lowest BCUT2D eigenvalue weighted by Crippen LogP contribution is -2.00. The largest absolute Gasteiger partial charge is 0.245 e. The first kappa shape index (κ1) is 10.5. The molecule has 1 unspecified atom stereocenters. The van der Waals surface area contributed by atoms with Crippen LogP contribution in [0.2, 0.25) is 0 Å². The van der Waals surface area contributed by atoms with Gasteiger partial charge in [0.25, 0.3) is 0 Å². The normalized spacial score (nSPS) is 12.8. The van der Waals surface area contributed by atoms with Crippen molar-refractivity contribution in [2.24, 2.45) is 0 Å². The first-order chi connectivity index (χ1) is 6.33. The van der Waals surface area contributed by atoms with Gasteiger partial charge in [-0.05, 0) is 24.8 Å². The molecule has 0 fully saturated rings. The fourth-order valence-corrected chi connectivity index (χ4v) is 1.57. The van der Waals surface area contributed by atoms with Gasteiger partial charge in [-0.15, -0.1) is 11.6 Å². The molecule has 1 heterocycles. The third kappa shape index (κ3) is 4.23. The lowest BCUT2D eigenvalue weighted by atomic mass is 10.1. The first-order valence-electron chi connectivity index (χ1n) is 4.71. The molecule has 1 rings (SSSR count). The van der Waals surface area contributed by atoms with Gasteiger partial charge in [0.15, 0.2) is 0 Å². The Morgan fingerprint density at radius 1 is 1.31 bits per heavy atom. The van der Waals surface area contributed by atoms with Crippen LogP contribution in [-0.4, -0.2) is 15.3 Å². The van der Waals surface area contributed by atoms with E-state index >= 15 is 0 Å². The van der Waals surface area contributed by atoms with Crippen molar-refractivity contribution in [2.45, 2.75) is 38.0 Å². The molecular weight excluding hydrogens is 184 g/mol. The number of alkyl halides is 1. The van der Waals surface area contributed by atoms with Gasteiger partial charge in [0.1, 0.15) is 6.33 Å². The molecule has 3 heteroatoms. The Labute approximate surface area is 84.4 Å². The van der Waals surface area contributed by atoms with E-state index in [-0.39, 0.29) is 0 Å². The highest BCUT2D eigenvalue weighted by Gasteiger charge is 2.03. The summed E-state index contributed by atoms with van der Waals surface area (Å²) in [6, 6.07) is 0. The summed E-state index contributed by atoms with van der Waals surface area (Å²) in [6.07, 6.45) is 9.49. The van der Waals surface area contributed by atoms with Crippen LogP contribution in [0.3, 0.4) is 0 Å². The van der Waals surface area contributed by atoms with E-state index in [4.69, 9.17) is 11.6 Å². The van der Waals surface area contributed by atoms with E-state index in [9.17, 15) is 0 Å². The zero-order valence-corrected chi connectivity index (χ0v) is 8.67. The SMILES string of the molecule is CCCC(Cl)CCc1cncnc1. The number of halogens is 1. The quantitative estimate of drug-likeness (QED) is 0.680. The van der Waals surface area contributed by atoms with Crippen LogP contribution in [-0.2, 0) is 6.42 Å². The van der Waals surface area contributed by atoms with Gasteiger partial charge in [-0.2, -0.15) is 0 Å². The summed E-state index contributed by atoms with van der Waals surface area (Å²) in [5.41, 5.74) is 1.17. The maximum Gasteiger partial charge on any atom is 0.115 e. The van der Waals surface area contributed by atoms with Gasteiger partial charge in [-0.25, -0.2) is 9.97 Å². The number of aryl methyl sites for hydroxylation is 1. The standard InChI is InChI=1S/C10H15ClN2/c1-2-3-10(11)5-4-9-6-12-8-13-7-9/h6-8,10H,2-5H2,1H3. The molecule has 0 aliphatic heterocycles. The van der Waals surface area contributed by atoms with Gasteiger partial charge in [0.2, 0.25) is 0 Å². The predicted octanol–water partition coefficient (Wildman–Crippen LogP) is 2.82. The van der Waals surface area contributed by atoms with E-state index < -0.39 is 0 Å². The maximum absolute atomic E-state index is 6.09. The number of hydrogen-bond donors (Lipinski definition) is 0. The zero-order valence-electron chi connectivity index (χ0n) is 7.91. The van der Waals surface area contributed by atoms with Crippen molar-refractivity contribution in [2.75, 3.05) is 0 Å². The monoisotopic (exact) mass is 198 g/mol. The molecular formula is C10H15ClN2. The summed E-state index contributed by atoms with van der Waals surface area (Å²) < 4.78 is 0. The van der Waals surface area contributed by atoms with Gasteiger partial charge in [-0.1, -0.05) is 13.3 Å². The minimum absolute atomic E-state index is 0.296. The molecule has 0 aliphatic rings. The molecule has 72 valence electrons. The van der Waals surface area contributed by atoms with Gasteiger partial charge >= 0.3 is 0 Å². The summed E-state index contributed by atoms with van der Waals surface area (Å²) >= 11 is 6.09. The molecule has 0 saturated carbocycles. The molecule has 0 radical (unpaired) electrons. The minimum Gasteiger partial charge on any atom is -0.245 e. The zero-order chi connectivity index (χ0) is 9.52. The van der Waals surface area contributed by atoms with Gasteiger partial charge < -0.3 is 0 Å². The Morgan fingerprint density at radius 3 is 2.62 bits per heavy atom. The molecule has 0 N–H and O–H groups in total. The Hall–Kier alpha value is -0.630. The molecule has 0 amide bonds. The average Bonchev–Trinajstić information content (AvgIpc) is 2.17. The van der Waals surface area contributed by atoms with E-state index in [0.29, 0.717) is 5.38 Å². The van der Waals surface area contributed by atoms with Crippen LogP contribution in [0.15, 0.2) is 18.7 Å². The third-order valence-corrected chi connectivity index (χ3v) is 2.40. The highest BCUT2D eigenvalue weighted by Crippen LogP contribution is 2.12. The van der Waals surface area contributed by atoms with Crippen molar-refractivity contribution in [1.29, 1.82) is 0 Å². The summed E-state index contributed by atoms with van der Waals surface area (Å²) in [6.45, 7) is 2.15. The second kappa shape index (κ2) is 5.92. The second-order valence-corrected chi connectivity index (χ2v) is 3.79. The first-order valence-corrected chi connectivity index (χ1v) is 5.14. The fraction of sp³-hybridized carbons (Fsp3) is 0.600. The van der Waals surface area contributed by atoms with Crippen LogP contribution >= 0.6 is 11.6 Å². The van der Waals surface area contributed by atoms with E-state index in [2.05, 4.69) is 16.9 Å². The van der Waals surface area contributed by atoms with Crippen molar-refractivity contribution in [3.8, 4) is 0 Å². The number of rotatable bonds is 5. The van der Waals surface area contributed by atoms with Gasteiger partial charge in [-0.3, -0.25) is 0 Å². The summed E-state index contributed by atoms with van der Waals surface area (Å²) in [5, 5.41) is 0.296. The van der Waals surface area contributed by atoms with Gasteiger partial charge in [0, 0.05) is 17.8 Å². The van der Waals surface area contributed by atoms with Gasteiger partial charge in [0.05, 0.1) is 0 Å². The van der Waals surface area contributed by atoms with Crippen molar-refractivity contribution < 1.29 is 0 Å². The smallest absolute Gasteiger partial charge is 0.115 e. The van der Waals surface area contributed by atoms with Crippen LogP contribution in [0.25, 0.3) is 0 Å². The van der Waals surface area contributed by atoms with Crippen molar-refractivity contribution >= 4 is 11.6 Å². The summed E-state index contributed by atoms with van der Waals surface area (Å²) in [7, 11) is 0. The molecule has 0 spiro atoms. The molecule has 1 atom stereocenters. The molecule has 1 aromatic rings. The summed E-state index contributed by atoms with van der Waals surface area (Å²) in [5.74, 6) is 0. The Bertz CT molecular complexity index is 226. The lowest BCUT2D eigenvalue weighted by molar-refractivity contribution is 0.674. The van der Waals surface area contributed by atoms with Crippen LogP contribution in [0.1, 0.15) is 31.7 Å². The van der Waals surface area contributed by atoms with Crippen LogP contribution in [0.5, 0.6) is 0 Å². The number of nitrogens with zero attached hydrogens (tertiary/aromatic N) is 2. The number of aromatic nitrogens is 2. The third-order valence-electron chi connectivity index (χ3n) is 1.96. The predicted molar refractivity (Wildman–Crippen MR) is 54.9 cm³/mol. The molecule has 0 saturated heterocycles. The topological polar surface area (TPSA) is 25.8 Å². The van der Waals surface area contributed by atoms with E-state index in [0.717, 1.165) is 25.7 Å². The highest BCUT2D eigenvalue weighted by molar-refractivity contribution is 6.20. The molecule has 13 heavy (non-hydrogen) atoms. The Balaban J connectivity index is 2.27. The van der Waals surface area contributed by atoms with Crippen molar-refractivity contribution in [3.05, 3.63) is 24.3 Å². The van der Waals surface area contributed by atoms with E-state index in [1.807, 2.05) is 12.4 Å². The minimum atomic E-state index is 0.296. The fourth-order valence-electron chi connectivity index (χ4n) is 1.24. The van der Waals surface area contributed by atoms with Crippen molar-refractivity contribution in [1.82, 2.24) is 9.97 Å². The lowest BCUT2D eigenvalue weighted by Gasteiger charge is -2.06. The average molecular weight is 199 g/mol. The highest BCUT2D eigenvalue weighted by atomic mass is 35.5. The van der Waals surface area contributed by atoms with E-state index in [1.54, 1.807) is 6.33 Å². The molecule has 0 aliphatic carbocycles. The Morgan fingerprint density at radius 2 is 2.00 bits per heavy atom. The maximum atomic E-state index is 6.09. The van der Waals surface area contributed by atoms with Crippen LogP contribution in [0.4, 0.5) is 0 Å².